The van der Waals surface area contributed by atoms with Gasteiger partial charge >= 0.3 is 12.1 Å². The van der Waals surface area contributed by atoms with Gasteiger partial charge in [-0.05, 0) is 85.8 Å². The summed E-state index contributed by atoms with van der Waals surface area (Å²) < 4.78 is 52.4. The molecule has 1 aromatic carbocycles. The summed E-state index contributed by atoms with van der Waals surface area (Å²) in [6, 6.07) is 9.97. The van der Waals surface area contributed by atoms with Crippen molar-refractivity contribution >= 4 is 23.3 Å². The Morgan fingerprint density at radius 2 is 1.84 bits per heavy atom. The SMILES string of the molecule is COc1ccc(C(=O)N(CC(F)(F)F)c2cncc(C)c2)c(N2CCC(COc3cc(C(CC(=O)O)C4CC4)ccn3)CC2)c1. The molecule has 12 heteroatoms. The molecule has 1 aliphatic carbocycles. The maximum absolute atomic E-state index is 13.8. The van der Waals surface area contributed by atoms with Crippen molar-refractivity contribution in [1.82, 2.24) is 9.97 Å². The molecule has 1 saturated carbocycles. The number of nitrogens with zero attached hydrogens (tertiary/aromatic N) is 4. The van der Waals surface area contributed by atoms with Crippen molar-refractivity contribution in [1.29, 1.82) is 0 Å². The molecule has 45 heavy (non-hydrogen) atoms. The van der Waals surface area contributed by atoms with Crippen LogP contribution in [-0.4, -0.2) is 66.5 Å². The Kier molecular flexibility index (Phi) is 9.79. The van der Waals surface area contributed by atoms with Crippen LogP contribution in [-0.2, 0) is 4.79 Å². The minimum Gasteiger partial charge on any atom is -0.497 e. The summed E-state index contributed by atoms with van der Waals surface area (Å²) in [6.45, 7) is 1.79. The maximum Gasteiger partial charge on any atom is 0.406 e. The summed E-state index contributed by atoms with van der Waals surface area (Å²) in [4.78, 5) is 36.2. The second kappa shape index (κ2) is 13.7. The number of anilines is 2. The number of carbonyl (C=O) groups is 2. The van der Waals surface area contributed by atoms with Gasteiger partial charge in [0.2, 0.25) is 5.88 Å². The van der Waals surface area contributed by atoms with Crippen molar-refractivity contribution < 1.29 is 37.3 Å². The molecule has 0 bridgehead atoms. The first-order valence-corrected chi connectivity index (χ1v) is 15.0. The van der Waals surface area contributed by atoms with Gasteiger partial charge in [0.05, 0.1) is 43.3 Å². The highest BCUT2D eigenvalue weighted by atomic mass is 19.4. The minimum atomic E-state index is -4.62. The topological polar surface area (TPSA) is 105 Å². The van der Waals surface area contributed by atoms with Crippen LogP contribution in [0.4, 0.5) is 24.5 Å². The van der Waals surface area contributed by atoms with Gasteiger partial charge < -0.3 is 19.5 Å². The Labute approximate surface area is 260 Å². The average molecular weight is 627 g/mol. The monoisotopic (exact) mass is 626 g/mol. The van der Waals surface area contributed by atoms with Gasteiger partial charge in [-0.3, -0.25) is 19.5 Å². The number of pyridine rings is 2. The van der Waals surface area contributed by atoms with E-state index in [1.807, 2.05) is 17.0 Å². The van der Waals surface area contributed by atoms with E-state index in [1.165, 1.54) is 31.6 Å². The number of aliphatic carboxylic acids is 1. The van der Waals surface area contributed by atoms with Gasteiger partial charge in [-0.15, -0.1) is 0 Å². The molecule has 0 radical (unpaired) electrons. The smallest absolute Gasteiger partial charge is 0.406 e. The number of hydrogen-bond donors (Lipinski definition) is 1. The first-order valence-electron chi connectivity index (χ1n) is 15.0. The number of amides is 1. The van der Waals surface area contributed by atoms with E-state index >= 15 is 0 Å². The van der Waals surface area contributed by atoms with Crippen LogP contribution in [0.1, 0.15) is 59.5 Å². The fourth-order valence-electron chi connectivity index (χ4n) is 5.89. The molecule has 2 fully saturated rings. The Hall–Kier alpha value is -4.35. The van der Waals surface area contributed by atoms with Crippen LogP contribution in [0.2, 0.25) is 0 Å². The Morgan fingerprint density at radius 3 is 2.49 bits per heavy atom. The molecule has 0 spiro atoms. The number of alkyl halides is 3. The lowest BCUT2D eigenvalue weighted by molar-refractivity contribution is -0.137. The first kappa shape index (κ1) is 32.1. The summed E-state index contributed by atoms with van der Waals surface area (Å²) in [7, 11) is 1.50. The second-order valence-electron chi connectivity index (χ2n) is 11.8. The van der Waals surface area contributed by atoms with Gasteiger partial charge in [0, 0.05) is 37.6 Å². The van der Waals surface area contributed by atoms with Crippen molar-refractivity contribution in [3.8, 4) is 11.6 Å². The number of hydrogen-bond acceptors (Lipinski definition) is 7. The average Bonchev–Trinajstić information content (AvgIpc) is 3.86. The molecule has 9 nitrogen and oxygen atoms in total. The predicted octanol–water partition coefficient (Wildman–Crippen LogP) is 6.27. The molecular formula is C33H37F3N4O5. The molecule has 1 atom stereocenters. The van der Waals surface area contributed by atoms with E-state index in [4.69, 9.17) is 9.47 Å². The van der Waals surface area contributed by atoms with Gasteiger partial charge in [0.25, 0.3) is 5.91 Å². The fraction of sp³-hybridized carbons (Fsp3) is 0.455. The van der Waals surface area contributed by atoms with Crippen LogP contribution in [0.25, 0.3) is 0 Å². The molecule has 2 aromatic heterocycles. The summed E-state index contributed by atoms with van der Waals surface area (Å²) in [6.07, 6.45) is 3.40. The predicted molar refractivity (Wildman–Crippen MR) is 162 cm³/mol. The van der Waals surface area contributed by atoms with Gasteiger partial charge in [-0.2, -0.15) is 13.2 Å². The van der Waals surface area contributed by atoms with Crippen molar-refractivity contribution in [3.05, 3.63) is 71.7 Å². The summed E-state index contributed by atoms with van der Waals surface area (Å²) in [5, 5.41) is 9.35. The van der Waals surface area contributed by atoms with E-state index in [0.29, 0.717) is 48.5 Å². The van der Waals surface area contributed by atoms with Crippen molar-refractivity contribution in [2.24, 2.45) is 11.8 Å². The number of piperidine rings is 1. The highest BCUT2D eigenvalue weighted by Crippen LogP contribution is 2.45. The number of ether oxygens (including phenoxy) is 2. The molecule has 2 aliphatic rings. The number of aromatic nitrogens is 2. The normalized spacial score (nSPS) is 16.2. The zero-order valence-corrected chi connectivity index (χ0v) is 25.3. The van der Waals surface area contributed by atoms with Crippen LogP contribution in [0.15, 0.2) is 55.0 Å². The summed E-state index contributed by atoms with van der Waals surface area (Å²) in [5.74, 6) is -0.129. The summed E-state index contributed by atoms with van der Waals surface area (Å²) in [5.41, 5.74) is 2.28. The molecule has 1 N–H and O–H groups in total. The number of carbonyl (C=O) groups excluding carboxylic acids is 1. The molecule has 3 heterocycles. The molecule has 5 rings (SSSR count). The van der Waals surface area contributed by atoms with Crippen molar-refractivity contribution in [3.63, 3.8) is 0 Å². The Morgan fingerprint density at radius 1 is 1.09 bits per heavy atom. The lowest BCUT2D eigenvalue weighted by atomic mass is 9.92. The molecular weight excluding hydrogens is 589 g/mol. The maximum atomic E-state index is 13.8. The zero-order valence-electron chi connectivity index (χ0n) is 25.3. The van der Waals surface area contributed by atoms with Crippen LogP contribution in [0.5, 0.6) is 11.6 Å². The Balaban J connectivity index is 1.28. The van der Waals surface area contributed by atoms with Gasteiger partial charge in [-0.25, -0.2) is 4.98 Å². The third-order valence-electron chi connectivity index (χ3n) is 8.38. The zero-order chi connectivity index (χ0) is 32.1. The number of carboxylic acids is 1. The largest absolute Gasteiger partial charge is 0.497 e. The van der Waals surface area contributed by atoms with Crippen LogP contribution < -0.4 is 19.3 Å². The van der Waals surface area contributed by atoms with Crippen LogP contribution in [0.3, 0.4) is 0 Å². The highest BCUT2D eigenvalue weighted by Gasteiger charge is 2.36. The first-order chi connectivity index (χ1) is 21.5. The van der Waals surface area contributed by atoms with E-state index in [2.05, 4.69) is 9.97 Å². The molecule has 1 saturated heterocycles. The number of aryl methyl sites for hydroxylation is 1. The quantitative estimate of drug-likeness (QED) is 0.251. The van der Waals surface area contributed by atoms with Gasteiger partial charge in [0.15, 0.2) is 0 Å². The molecule has 240 valence electrons. The van der Waals surface area contributed by atoms with E-state index < -0.39 is 24.6 Å². The van der Waals surface area contributed by atoms with Gasteiger partial charge in [-0.1, -0.05) is 0 Å². The molecule has 1 aliphatic heterocycles. The van der Waals surface area contributed by atoms with E-state index in [1.54, 1.807) is 25.3 Å². The fourth-order valence-corrected chi connectivity index (χ4v) is 5.89. The highest BCUT2D eigenvalue weighted by molar-refractivity contribution is 6.10. The molecule has 3 aromatic rings. The second-order valence-corrected chi connectivity index (χ2v) is 11.8. The summed E-state index contributed by atoms with van der Waals surface area (Å²) >= 11 is 0. The van der Waals surface area contributed by atoms with Crippen LogP contribution in [0, 0.1) is 18.8 Å². The minimum absolute atomic E-state index is 0.0508. The number of rotatable bonds is 12. The van der Waals surface area contributed by atoms with E-state index in [9.17, 15) is 27.9 Å². The Bertz CT molecular complexity index is 1510. The van der Waals surface area contributed by atoms with Gasteiger partial charge in [0.1, 0.15) is 12.3 Å². The number of methoxy groups -OCH3 is 1. The van der Waals surface area contributed by atoms with E-state index in [0.717, 1.165) is 36.1 Å². The lowest BCUT2D eigenvalue weighted by Crippen LogP contribution is -2.41. The van der Waals surface area contributed by atoms with Crippen molar-refractivity contribution in [2.75, 3.05) is 43.2 Å². The lowest BCUT2D eigenvalue weighted by Gasteiger charge is -2.35. The number of benzene rings is 1. The number of carboxylic acid groups (broad SMARTS) is 1. The standard InChI is InChI=1S/C33H37F3N4O5/c1-21-13-25(18-37-17-21)40(20-33(34,35)36)32(43)27-6-5-26(44-2)15-29(27)39-11-8-22(9-12-39)19-45-30-14-24(7-10-38-30)28(16-31(41)42)23-3-4-23/h5-7,10,13-15,17-18,22-23,28H,3-4,8-9,11-12,16,19-20H2,1-2H3,(H,41,42). The third-order valence-corrected chi connectivity index (χ3v) is 8.38. The van der Waals surface area contributed by atoms with Crippen LogP contribution >= 0.6 is 0 Å². The van der Waals surface area contributed by atoms with E-state index in [-0.39, 0.29) is 29.5 Å². The molecule has 1 unspecified atom stereocenters. The van der Waals surface area contributed by atoms with Crippen molar-refractivity contribution in [2.45, 2.75) is 51.1 Å². The number of halogens is 3. The molecule has 1 amide bonds. The third kappa shape index (κ3) is 8.43.